The molecule has 0 bridgehead atoms. The van der Waals surface area contributed by atoms with Gasteiger partial charge < -0.3 is 5.32 Å². The van der Waals surface area contributed by atoms with Crippen LogP contribution in [0.15, 0.2) is 36.4 Å². The lowest BCUT2D eigenvalue weighted by molar-refractivity contribution is 0.582. The Balaban J connectivity index is 2.49. The normalized spacial score (nSPS) is 12.4. The Hall–Kier alpha value is -1.16. The van der Waals surface area contributed by atoms with E-state index in [0.29, 0.717) is 22.7 Å². The SMILES string of the molecule is CCCNC(c1ccc(F)cc1Cl)c1cc(F)ccc1Cl. The first-order valence-electron chi connectivity index (χ1n) is 6.66. The molecule has 112 valence electrons. The van der Waals surface area contributed by atoms with Crippen molar-refractivity contribution in [2.75, 3.05) is 6.54 Å². The van der Waals surface area contributed by atoms with Crippen molar-refractivity contribution in [3.8, 4) is 0 Å². The van der Waals surface area contributed by atoms with Crippen molar-refractivity contribution in [1.82, 2.24) is 5.32 Å². The average Bonchev–Trinajstić information content (AvgIpc) is 2.44. The van der Waals surface area contributed by atoms with Gasteiger partial charge in [0.15, 0.2) is 0 Å². The summed E-state index contributed by atoms with van der Waals surface area (Å²) >= 11 is 12.3. The predicted molar refractivity (Wildman–Crippen MR) is 83.0 cm³/mol. The lowest BCUT2D eigenvalue weighted by atomic mass is 9.98. The van der Waals surface area contributed by atoms with Crippen molar-refractivity contribution in [3.63, 3.8) is 0 Å². The van der Waals surface area contributed by atoms with E-state index >= 15 is 0 Å². The fourth-order valence-corrected chi connectivity index (χ4v) is 2.65. The van der Waals surface area contributed by atoms with Crippen molar-refractivity contribution >= 4 is 23.2 Å². The minimum atomic E-state index is -0.414. The van der Waals surface area contributed by atoms with Gasteiger partial charge in [0.25, 0.3) is 0 Å². The van der Waals surface area contributed by atoms with Crippen LogP contribution in [0, 0.1) is 11.6 Å². The standard InChI is InChI=1S/C16H15Cl2F2N/c1-2-7-21-16(12-5-3-11(20)9-15(12)18)13-8-10(19)4-6-14(13)17/h3-6,8-9,16,21H,2,7H2,1H3. The van der Waals surface area contributed by atoms with Crippen LogP contribution in [-0.4, -0.2) is 6.54 Å². The third-order valence-corrected chi connectivity index (χ3v) is 3.81. The molecule has 0 aliphatic rings. The Morgan fingerprint density at radius 1 is 0.952 bits per heavy atom. The van der Waals surface area contributed by atoms with Gasteiger partial charge in [-0.15, -0.1) is 0 Å². The van der Waals surface area contributed by atoms with Crippen LogP contribution in [-0.2, 0) is 0 Å². The molecule has 0 saturated heterocycles. The highest BCUT2D eigenvalue weighted by atomic mass is 35.5. The topological polar surface area (TPSA) is 12.0 Å². The molecular formula is C16H15Cl2F2N. The van der Waals surface area contributed by atoms with Gasteiger partial charge in [0.2, 0.25) is 0 Å². The number of hydrogen-bond donors (Lipinski definition) is 1. The smallest absolute Gasteiger partial charge is 0.124 e. The molecule has 0 saturated carbocycles. The highest BCUT2D eigenvalue weighted by molar-refractivity contribution is 6.32. The van der Waals surface area contributed by atoms with Crippen molar-refractivity contribution in [1.29, 1.82) is 0 Å². The Morgan fingerprint density at radius 2 is 1.62 bits per heavy atom. The minimum Gasteiger partial charge on any atom is -0.306 e. The number of benzene rings is 2. The molecule has 0 radical (unpaired) electrons. The van der Waals surface area contributed by atoms with Crippen LogP contribution in [0.1, 0.15) is 30.5 Å². The van der Waals surface area contributed by atoms with E-state index in [2.05, 4.69) is 5.32 Å². The Kier molecular flexibility index (Phi) is 5.57. The van der Waals surface area contributed by atoms with Crippen LogP contribution in [0.25, 0.3) is 0 Å². The molecule has 2 aromatic rings. The van der Waals surface area contributed by atoms with Crippen molar-refractivity contribution in [2.24, 2.45) is 0 Å². The fourth-order valence-electron chi connectivity index (χ4n) is 2.15. The van der Waals surface area contributed by atoms with E-state index in [1.165, 1.54) is 30.3 Å². The molecule has 0 fully saturated rings. The molecule has 0 spiro atoms. The van der Waals surface area contributed by atoms with E-state index in [1.54, 1.807) is 6.07 Å². The summed E-state index contributed by atoms with van der Waals surface area (Å²) in [5.74, 6) is -0.792. The van der Waals surface area contributed by atoms with E-state index in [9.17, 15) is 8.78 Å². The van der Waals surface area contributed by atoms with E-state index in [0.717, 1.165) is 6.42 Å². The highest BCUT2D eigenvalue weighted by Gasteiger charge is 2.20. The molecule has 1 N–H and O–H groups in total. The number of halogens is 4. The second-order valence-electron chi connectivity index (χ2n) is 4.72. The van der Waals surface area contributed by atoms with Gasteiger partial charge in [0, 0.05) is 10.0 Å². The lowest BCUT2D eigenvalue weighted by Crippen LogP contribution is -2.24. The summed E-state index contributed by atoms with van der Waals surface area (Å²) in [7, 11) is 0. The van der Waals surface area contributed by atoms with Crippen LogP contribution in [0.3, 0.4) is 0 Å². The maximum atomic E-state index is 13.5. The summed E-state index contributed by atoms with van der Waals surface area (Å²) in [6, 6.07) is 7.95. The molecule has 5 heteroatoms. The number of nitrogens with one attached hydrogen (secondary N) is 1. The molecule has 0 aromatic heterocycles. The first-order valence-corrected chi connectivity index (χ1v) is 7.41. The van der Waals surface area contributed by atoms with Gasteiger partial charge in [-0.2, -0.15) is 0 Å². The Bertz CT molecular complexity index is 632. The largest absolute Gasteiger partial charge is 0.306 e. The second kappa shape index (κ2) is 7.21. The number of hydrogen-bond acceptors (Lipinski definition) is 1. The van der Waals surface area contributed by atoms with Gasteiger partial charge >= 0.3 is 0 Å². The van der Waals surface area contributed by atoms with Crippen LogP contribution < -0.4 is 5.32 Å². The highest BCUT2D eigenvalue weighted by Crippen LogP contribution is 2.33. The van der Waals surface area contributed by atoms with E-state index < -0.39 is 5.82 Å². The summed E-state index contributed by atoms with van der Waals surface area (Å²) in [6.07, 6.45) is 0.891. The summed E-state index contributed by atoms with van der Waals surface area (Å²) in [5, 5.41) is 3.99. The molecule has 1 atom stereocenters. The van der Waals surface area contributed by atoms with Crippen LogP contribution in [0.4, 0.5) is 8.78 Å². The summed E-state index contributed by atoms with van der Waals surface area (Å²) < 4.78 is 26.7. The third-order valence-electron chi connectivity index (χ3n) is 3.14. The zero-order valence-electron chi connectivity index (χ0n) is 11.5. The Morgan fingerprint density at radius 3 is 2.29 bits per heavy atom. The zero-order valence-corrected chi connectivity index (χ0v) is 13.0. The van der Waals surface area contributed by atoms with Gasteiger partial charge in [-0.05, 0) is 54.4 Å². The molecule has 1 unspecified atom stereocenters. The molecular weight excluding hydrogens is 315 g/mol. The maximum Gasteiger partial charge on any atom is 0.124 e. The van der Waals surface area contributed by atoms with E-state index in [-0.39, 0.29) is 16.9 Å². The monoisotopic (exact) mass is 329 g/mol. The fraction of sp³-hybridized carbons (Fsp3) is 0.250. The lowest BCUT2D eigenvalue weighted by Gasteiger charge is -2.22. The van der Waals surface area contributed by atoms with Crippen molar-refractivity contribution in [2.45, 2.75) is 19.4 Å². The molecule has 0 amide bonds. The molecule has 0 aliphatic heterocycles. The van der Waals surface area contributed by atoms with Gasteiger partial charge in [-0.25, -0.2) is 8.78 Å². The third kappa shape index (κ3) is 3.94. The van der Waals surface area contributed by atoms with Gasteiger partial charge in [-0.1, -0.05) is 36.2 Å². The number of rotatable bonds is 5. The zero-order chi connectivity index (χ0) is 15.4. The first-order chi connectivity index (χ1) is 10.0. The van der Waals surface area contributed by atoms with Crippen LogP contribution >= 0.6 is 23.2 Å². The minimum absolute atomic E-state index is 0.281. The van der Waals surface area contributed by atoms with E-state index in [4.69, 9.17) is 23.2 Å². The molecule has 21 heavy (non-hydrogen) atoms. The summed E-state index contributed by atoms with van der Waals surface area (Å²) in [6.45, 7) is 2.72. The molecule has 0 aliphatic carbocycles. The van der Waals surface area contributed by atoms with Gasteiger partial charge in [-0.3, -0.25) is 0 Å². The summed E-state index contributed by atoms with van der Waals surface area (Å²) in [4.78, 5) is 0. The predicted octanol–water partition coefficient (Wildman–Crippen LogP) is 5.36. The second-order valence-corrected chi connectivity index (χ2v) is 5.53. The van der Waals surface area contributed by atoms with Crippen LogP contribution in [0.2, 0.25) is 10.0 Å². The van der Waals surface area contributed by atoms with Gasteiger partial charge in [0.1, 0.15) is 11.6 Å². The molecule has 2 aromatic carbocycles. The molecule has 1 nitrogen and oxygen atoms in total. The van der Waals surface area contributed by atoms with Crippen molar-refractivity contribution in [3.05, 3.63) is 69.2 Å². The van der Waals surface area contributed by atoms with Gasteiger partial charge in [0.05, 0.1) is 6.04 Å². The molecule has 2 rings (SSSR count). The Labute approximate surface area is 132 Å². The van der Waals surface area contributed by atoms with Crippen LogP contribution in [0.5, 0.6) is 0 Å². The molecule has 0 heterocycles. The quantitative estimate of drug-likeness (QED) is 0.778. The maximum absolute atomic E-state index is 13.5. The van der Waals surface area contributed by atoms with Crippen molar-refractivity contribution < 1.29 is 8.78 Å². The van der Waals surface area contributed by atoms with E-state index in [1.807, 2.05) is 6.92 Å². The average molecular weight is 330 g/mol. The summed E-state index contributed by atoms with van der Waals surface area (Å²) in [5.41, 5.74) is 1.25. The first kappa shape index (κ1) is 16.2.